The molecule has 0 saturated carbocycles. The Labute approximate surface area is 133 Å². The van der Waals surface area contributed by atoms with Crippen molar-refractivity contribution in [3.8, 4) is 11.5 Å². The molecule has 1 fully saturated rings. The maximum Gasteiger partial charge on any atom is 0.415 e. The molecule has 0 bridgehead atoms. The summed E-state index contributed by atoms with van der Waals surface area (Å²) in [5.74, 6) is 1.45. The molecule has 2 aliphatic heterocycles. The molecule has 0 aliphatic carbocycles. The number of aromatic nitrogens is 1. The SMILES string of the molecule is CS(=O)(=O)OCCC1CN(c2cc3c(cn2)OCCO3)C(=O)O1. The van der Waals surface area contributed by atoms with Crippen LogP contribution < -0.4 is 14.4 Å². The van der Waals surface area contributed by atoms with Crippen molar-refractivity contribution in [1.29, 1.82) is 0 Å². The summed E-state index contributed by atoms with van der Waals surface area (Å²) in [6.45, 7) is 1.12. The Morgan fingerprint density at radius 1 is 1.35 bits per heavy atom. The Bertz CT molecular complexity index is 706. The summed E-state index contributed by atoms with van der Waals surface area (Å²) in [5.41, 5.74) is 0. The molecule has 1 atom stereocenters. The van der Waals surface area contributed by atoms with E-state index in [-0.39, 0.29) is 19.6 Å². The largest absolute Gasteiger partial charge is 0.486 e. The third-order valence-corrected chi connectivity index (χ3v) is 3.90. The van der Waals surface area contributed by atoms with Gasteiger partial charge >= 0.3 is 6.09 Å². The van der Waals surface area contributed by atoms with Gasteiger partial charge in [-0.1, -0.05) is 0 Å². The number of hydrogen-bond acceptors (Lipinski definition) is 8. The fourth-order valence-electron chi connectivity index (χ4n) is 2.28. The Morgan fingerprint density at radius 3 is 2.83 bits per heavy atom. The van der Waals surface area contributed by atoms with Gasteiger partial charge < -0.3 is 14.2 Å². The Hall–Kier alpha value is -2.07. The summed E-state index contributed by atoms with van der Waals surface area (Å²) in [7, 11) is -3.50. The minimum absolute atomic E-state index is 0.0425. The van der Waals surface area contributed by atoms with Crippen molar-refractivity contribution in [2.45, 2.75) is 12.5 Å². The number of cyclic esters (lactones) is 1. The third kappa shape index (κ3) is 3.82. The second-order valence-corrected chi connectivity index (χ2v) is 6.76. The first-order valence-electron chi connectivity index (χ1n) is 7.00. The van der Waals surface area contributed by atoms with Gasteiger partial charge in [-0.2, -0.15) is 8.42 Å². The van der Waals surface area contributed by atoms with Crippen molar-refractivity contribution >= 4 is 22.0 Å². The fourth-order valence-corrected chi connectivity index (χ4v) is 2.67. The quantitative estimate of drug-likeness (QED) is 0.713. The van der Waals surface area contributed by atoms with Gasteiger partial charge in [-0.15, -0.1) is 0 Å². The molecule has 1 amide bonds. The molecule has 3 heterocycles. The Morgan fingerprint density at radius 2 is 2.09 bits per heavy atom. The van der Waals surface area contributed by atoms with Gasteiger partial charge in [0, 0.05) is 12.5 Å². The molecule has 3 rings (SSSR count). The van der Waals surface area contributed by atoms with Crippen molar-refractivity contribution in [3.05, 3.63) is 12.3 Å². The zero-order valence-corrected chi connectivity index (χ0v) is 13.2. The van der Waals surface area contributed by atoms with E-state index in [2.05, 4.69) is 9.17 Å². The van der Waals surface area contributed by atoms with Crippen LogP contribution in [0.5, 0.6) is 11.5 Å². The van der Waals surface area contributed by atoms with Gasteiger partial charge in [0.25, 0.3) is 10.1 Å². The fraction of sp³-hybridized carbons (Fsp3) is 0.538. The average molecular weight is 344 g/mol. The minimum Gasteiger partial charge on any atom is -0.486 e. The van der Waals surface area contributed by atoms with Crippen molar-refractivity contribution in [2.24, 2.45) is 0 Å². The summed E-state index contributed by atoms with van der Waals surface area (Å²) < 4.78 is 42.5. The van der Waals surface area contributed by atoms with Gasteiger partial charge in [0.2, 0.25) is 0 Å². The molecule has 0 N–H and O–H groups in total. The summed E-state index contributed by atoms with van der Waals surface area (Å²) in [5, 5.41) is 0. The second kappa shape index (κ2) is 6.20. The number of amides is 1. The van der Waals surface area contributed by atoms with E-state index >= 15 is 0 Å². The van der Waals surface area contributed by atoms with Crippen LogP contribution in [0.2, 0.25) is 0 Å². The monoisotopic (exact) mass is 344 g/mol. The van der Waals surface area contributed by atoms with E-state index in [0.717, 1.165) is 6.26 Å². The first-order valence-corrected chi connectivity index (χ1v) is 8.82. The topological polar surface area (TPSA) is 104 Å². The molecule has 0 radical (unpaired) electrons. The Balaban J connectivity index is 1.63. The average Bonchev–Trinajstić information content (AvgIpc) is 2.86. The molecule has 0 aromatic carbocycles. The van der Waals surface area contributed by atoms with Crippen LogP contribution >= 0.6 is 0 Å². The highest BCUT2D eigenvalue weighted by atomic mass is 32.2. The highest BCUT2D eigenvalue weighted by molar-refractivity contribution is 7.85. The van der Waals surface area contributed by atoms with E-state index in [1.54, 1.807) is 6.07 Å². The van der Waals surface area contributed by atoms with Gasteiger partial charge in [0.15, 0.2) is 11.5 Å². The van der Waals surface area contributed by atoms with Gasteiger partial charge in [0.05, 0.1) is 25.6 Å². The lowest BCUT2D eigenvalue weighted by Crippen LogP contribution is -2.26. The van der Waals surface area contributed by atoms with Crippen molar-refractivity contribution < 1.29 is 31.6 Å². The predicted octanol–water partition coefficient (Wildman–Crippen LogP) is 0.544. The molecule has 2 aliphatic rings. The van der Waals surface area contributed by atoms with Gasteiger partial charge in [0.1, 0.15) is 25.1 Å². The van der Waals surface area contributed by atoms with E-state index in [1.807, 2.05) is 0 Å². The lowest BCUT2D eigenvalue weighted by atomic mass is 10.2. The van der Waals surface area contributed by atoms with E-state index in [9.17, 15) is 13.2 Å². The molecular formula is C13H16N2O7S. The maximum absolute atomic E-state index is 11.9. The summed E-state index contributed by atoms with van der Waals surface area (Å²) in [6, 6.07) is 1.62. The van der Waals surface area contributed by atoms with Crippen molar-refractivity contribution in [3.63, 3.8) is 0 Å². The standard InChI is InChI=1S/C13H16N2O7S/c1-23(17,18)21-3-2-9-8-15(13(16)22-9)12-6-10-11(7-14-12)20-5-4-19-10/h6-7,9H,2-5,8H2,1H3. The Kier molecular flexibility index (Phi) is 4.26. The number of rotatable bonds is 5. The minimum atomic E-state index is -3.50. The molecule has 23 heavy (non-hydrogen) atoms. The number of ether oxygens (including phenoxy) is 3. The lowest BCUT2D eigenvalue weighted by Gasteiger charge is -2.20. The van der Waals surface area contributed by atoms with E-state index in [0.29, 0.717) is 30.5 Å². The molecular weight excluding hydrogens is 328 g/mol. The number of hydrogen-bond donors (Lipinski definition) is 0. The summed E-state index contributed by atoms with van der Waals surface area (Å²) >= 11 is 0. The van der Waals surface area contributed by atoms with Crippen LogP contribution in [0.4, 0.5) is 10.6 Å². The van der Waals surface area contributed by atoms with Crippen LogP contribution in [-0.4, -0.2) is 58.2 Å². The zero-order chi connectivity index (χ0) is 16.4. The van der Waals surface area contributed by atoms with Crippen LogP contribution in [0, 0.1) is 0 Å². The number of anilines is 1. The first kappa shape index (κ1) is 15.8. The molecule has 1 unspecified atom stereocenters. The maximum atomic E-state index is 11.9. The van der Waals surface area contributed by atoms with Crippen LogP contribution in [0.15, 0.2) is 12.3 Å². The normalized spacial score (nSPS) is 20.5. The van der Waals surface area contributed by atoms with Crippen molar-refractivity contribution in [1.82, 2.24) is 4.98 Å². The number of nitrogens with zero attached hydrogens (tertiary/aromatic N) is 2. The first-order chi connectivity index (χ1) is 10.9. The van der Waals surface area contributed by atoms with Crippen LogP contribution in [0.3, 0.4) is 0 Å². The van der Waals surface area contributed by atoms with E-state index < -0.39 is 22.3 Å². The highest BCUT2D eigenvalue weighted by Gasteiger charge is 2.33. The zero-order valence-electron chi connectivity index (χ0n) is 12.4. The molecule has 0 spiro atoms. The molecule has 1 saturated heterocycles. The molecule has 10 heteroatoms. The number of carbonyl (C=O) groups is 1. The predicted molar refractivity (Wildman–Crippen MR) is 78.3 cm³/mol. The third-order valence-electron chi connectivity index (χ3n) is 3.30. The molecule has 126 valence electrons. The smallest absolute Gasteiger partial charge is 0.415 e. The van der Waals surface area contributed by atoms with Crippen LogP contribution in [0.1, 0.15) is 6.42 Å². The number of carbonyl (C=O) groups excluding carboxylic acids is 1. The van der Waals surface area contributed by atoms with Gasteiger partial charge in [-0.3, -0.25) is 9.08 Å². The van der Waals surface area contributed by atoms with Gasteiger partial charge in [-0.05, 0) is 0 Å². The summed E-state index contributed by atoms with van der Waals surface area (Å²) in [4.78, 5) is 17.5. The number of fused-ring (bicyclic) bond motifs is 1. The lowest BCUT2D eigenvalue weighted by molar-refractivity contribution is 0.126. The van der Waals surface area contributed by atoms with Crippen molar-refractivity contribution in [2.75, 3.05) is 37.5 Å². The van der Waals surface area contributed by atoms with Crippen LogP contribution in [-0.2, 0) is 19.0 Å². The number of pyridine rings is 1. The molecule has 1 aromatic heterocycles. The van der Waals surface area contributed by atoms with Gasteiger partial charge in [-0.25, -0.2) is 9.78 Å². The molecule has 1 aromatic rings. The highest BCUT2D eigenvalue weighted by Crippen LogP contribution is 2.33. The van der Waals surface area contributed by atoms with E-state index in [4.69, 9.17) is 14.2 Å². The van der Waals surface area contributed by atoms with Crippen LogP contribution in [0.25, 0.3) is 0 Å². The van der Waals surface area contributed by atoms with E-state index in [1.165, 1.54) is 11.1 Å². The summed E-state index contributed by atoms with van der Waals surface area (Å²) in [6.07, 6.45) is 1.74. The second-order valence-electron chi connectivity index (χ2n) is 5.12. The molecule has 9 nitrogen and oxygen atoms in total.